The molecule has 6 nitrogen and oxygen atoms in total. The number of methoxy groups -OCH3 is 1. The topological polar surface area (TPSA) is 84.5 Å². The number of hydrogen-bond acceptors (Lipinski definition) is 4. The molecular weight excluding hydrogens is 445 g/mol. The molecule has 3 rings (SSSR count). The zero-order chi connectivity index (χ0) is 23.4. The monoisotopic (exact) mass is 464 g/mol. The summed E-state index contributed by atoms with van der Waals surface area (Å²) in [5.74, 6) is -0.0135. The van der Waals surface area contributed by atoms with Gasteiger partial charge in [0, 0.05) is 11.4 Å². The molecule has 0 heterocycles. The highest BCUT2D eigenvalue weighted by Crippen LogP contribution is 2.29. The summed E-state index contributed by atoms with van der Waals surface area (Å²) in [5, 5.41) is 2.51. The lowest BCUT2D eigenvalue weighted by Gasteiger charge is -2.11. The average Bonchev–Trinajstić information content (AvgIpc) is 2.74. The minimum Gasteiger partial charge on any atom is -0.497 e. The van der Waals surface area contributed by atoms with Gasteiger partial charge in [0.05, 0.1) is 24.0 Å². The van der Waals surface area contributed by atoms with Crippen LogP contribution in [0.15, 0.2) is 77.7 Å². The first-order chi connectivity index (χ1) is 15.1. The maximum absolute atomic E-state index is 12.8. The predicted octanol–water partition coefficient (Wildman–Crippen LogP) is 4.70. The summed E-state index contributed by atoms with van der Waals surface area (Å²) in [6.07, 6.45) is -4.81. The maximum atomic E-state index is 12.8. The van der Waals surface area contributed by atoms with Gasteiger partial charge in [-0.05, 0) is 54.1 Å². The van der Waals surface area contributed by atoms with Gasteiger partial charge >= 0.3 is 6.18 Å². The van der Waals surface area contributed by atoms with E-state index in [9.17, 15) is 26.4 Å². The van der Waals surface area contributed by atoms with Crippen molar-refractivity contribution in [2.45, 2.75) is 17.5 Å². The van der Waals surface area contributed by atoms with Crippen molar-refractivity contribution in [2.24, 2.45) is 0 Å². The second-order valence-electron chi connectivity index (χ2n) is 6.78. The smallest absolute Gasteiger partial charge is 0.416 e. The Bertz CT molecular complexity index is 1210. The van der Waals surface area contributed by atoms with Gasteiger partial charge in [-0.1, -0.05) is 24.3 Å². The van der Waals surface area contributed by atoms with Crippen LogP contribution in [0.2, 0.25) is 0 Å². The number of alkyl halides is 3. The molecule has 0 aliphatic heterocycles. The van der Waals surface area contributed by atoms with Crippen molar-refractivity contribution in [1.29, 1.82) is 0 Å². The van der Waals surface area contributed by atoms with E-state index in [4.69, 9.17) is 4.74 Å². The van der Waals surface area contributed by atoms with E-state index in [-0.39, 0.29) is 22.6 Å². The van der Waals surface area contributed by atoms with Gasteiger partial charge in [0.15, 0.2) is 0 Å². The highest BCUT2D eigenvalue weighted by Gasteiger charge is 2.30. The molecule has 0 aromatic heterocycles. The van der Waals surface area contributed by atoms with Crippen molar-refractivity contribution < 1.29 is 31.1 Å². The maximum Gasteiger partial charge on any atom is 0.416 e. The molecule has 0 bridgehead atoms. The molecule has 0 saturated carbocycles. The molecule has 32 heavy (non-hydrogen) atoms. The molecule has 1 amide bonds. The first-order valence-corrected chi connectivity index (χ1v) is 10.8. The third kappa shape index (κ3) is 6.01. The van der Waals surface area contributed by atoms with E-state index in [1.54, 1.807) is 12.1 Å². The van der Waals surface area contributed by atoms with Crippen LogP contribution in [-0.4, -0.2) is 21.4 Å². The third-order valence-electron chi connectivity index (χ3n) is 4.39. The van der Waals surface area contributed by atoms with E-state index in [1.165, 1.54) is 55.6 Å². The number of anilines is 2. The van der Waals surface area contributed by atoms with Crippen LogP contribution in [0, 0.1) is 0 Å². The Labute approximate surface area is 183 Å². The van der Waals surface area contributed by atoms with Crippen LogP contribution in [0.3, 0.4) is 0 Å². The van der Waals surface area contributed by atoms with Crippen LogP contribution in [0.25, 0.3) is 0 Å². The zero-order valence-corrected chi connectivity index (χ0v) is 17.6. The number of carbonyl (C=O) groups excluding carboxylic acids is 1. The fourth-order valence-electron chi connectivity index (χ4n) is 2.86. The van der Waals surface area contributed by atoms with Gasteiger partial charge in [0.25, 0.3) is 10.0 Å². The minimum absolute atomic E-state index is 0.0924. The van der Waals surface area contributed by atoms with Crippen LogP contribution < -0.4 is 14.8 Å². The number of amides is 1. The van der Waals surface area contributed by atoms with Gasteiger partial charge in [0.2, 0.25) is 5.91 Å². The lowest BCUT2D eigenvalue weighted by molar-refractivity contribution is -0.137. The number of halogens is 3. The number of benzene rings is 3. The number of carbonyl (C=O) groups is 1. The molecular formula is C22H19F3N2O4S. The van der Waals surface area contributed by atoms with E-state index < -0.39 is 27.7 Å². The normalized spacial score (nSPS) is 11.6. The first kappa shape index (κ1) is 23.1. The largest absolute Gasteiger partial charge is 0.497 e. The number of rotatable bonds is 7. The number of ether oxygens (including phenoxy) is 1. The van der Waals surface area contributed by atoms with Gasteiger partial charge in [-0.15, -0.1) is 0 Å². The summed E-state index contributed by atoms with van der Waals surface area (Å²) in [6, 6.07) is 16.3. The number of hydrogen-bond donors (Lipinski definition) is 2. The second-order valence-corrected chi connectivity index (χ2v) is 8.47. The standard InChI is InChI=1S/C22H19F3N2O4S/c1-31-19-10-8-17(9-11-19)27-32(29,30)20-7-3-6-18(14-20)26-21(28)13-15-4-2-5-16(12-15)22(23,24)25/h2-12,14,27H,13H2,1H3,(H,26,28). The van der Waals surface area contributed by atoms with Crippen LogP contribution in [0.5, 0.6) is 5.75 Å². The van der Waals surface area contributed by atoms with Gasteiger partial charge < -0.3 is 10.1 Å². The molecule has 0 saturated heterocycles. The summed E-state index contributed by atoms with van der Waals surface area (Å²) in [7, 11) is -2.45. The Morgan fingerprint density at radius 1 is 0.938 bits per heavy atom. The van der Waals surface area contributed by atoms with Crippen molar-refractivity contribution in [3.63, 3.8) is 0 Å². The van der Waals surface area contributed by atoms with Crippen molar-refractivity contribution in [2.75, 3.05) is 17.1 Å². The minimum atomic E-state index is -4.51. The van der Waals surface area contributed by atoms with Crippen LogP contribution in [0.1, 0.15) is 11.1 Å². The predicted molar refractivity (Wildman–Crippen MR) is 114 cm³/mol. The Morgan fingerprint density at radius 2 is 1.62 bits per heavy atom. The summed E-state index contributed by atoms with van der Waals surface area (Å²) >= 11 is 0. The highest BCUT2D eigenvalue weighted by atomic mass is 32.2. The Kier molecular flexibility index (Phi) is 6.73. The quantitative estimate of drug-likeness (QED) is 0.531. The third-order valence-corrected chi connectivity index (χ3v) is 5.77. The highest BCUT2D eigenvalue weighted by molar-refractivity contribution is 7.92. The van der Waals surface area contributed by atoms with Crippen molar-refractivity contribution >= 4 is 27.3 Å². The Balaban J connectivity index is 1.70. The molecule has 2 N–H and O–H groups in total. The lowest BCUT2D eigenvalue weighted by atomic mass is 10.1. The second kappa shape index (κ2) is 9.31. The fraction of sp³-hybridized carbons (Fsp3) is 0.136. The van der Waals surface area contributed by atoms with Crippen molar-refractivity contribution in [1.82, 2.24) is 0 Å². The SMILES string of the molecule is COc1ccc(NS(=O)(=O)c2cccc(NC(=O)Cc3cccc(C(F)(F)F)c3)c2)cc1. The summed E-state index contributed by atoms with van der Waals surface area (Å²) < 4.78 is 71.3. The summed E-state index contributed by atoms with van der Waals surface area (Å²) in [5.41, 5.74) is -0.146. The Hall–Kier alpha value is -3.53. The summed E-state index contributed by atoms with van der Waals surface area (Å²) in [6.45, 7) is 0. The van der Waals surface area contributed by atoms with Crippen molar-refractivity contribution in [3.05, 3.63) is 83.9 Å². The van der Waals surface area contributed by atoms with Crippen molar-refractivity contribution in [3.8, 4) is 5.75 Å². The fourth-order valence-corrected chi connectivity index (χ4v) is 3.97. The van der Waals surface area contributed by atoms with Crippen LogP contribution >= 0.6 is 0 Å². The van der Waals surface area contributed by atoms with E-state index in [2.05, 4.69) is 10.0 Å². The van der Waals surface area contributed by atoms with E-state index in [0.29, 0.717) is 11.4 Å². The van der Waals surface area contributed by atoms with Gasteiger partial charge in [-0.25, -0.2) is 8.42 Å². The van der Waals surface area contributed by atoms with Gasteiger partial charge in [-0.2, -0.15) is 13.2 Å². The molecule has 0 aliphatic carbocycles. The van der Waals surface area contributed by atoms with E-state index in [1.807, 2.05) is 0 Å². The summed E-state index contributed by atoms with van der Waals surface area (Å²) in [4.78, 5) is 12.2. The molecule has 3 aromatic rings. The Morgan fingerprint density at radius 3 is 2.28 bits per heavy atom. The zero-order valence-electron chi connectivity index (χ0n) is 16.8. The molecule has 0 atom stereocenters. The molecule has 0 aliphatic rings. The number of sulfonamides is 1. The molecule has 0 radical (unpaired) electrons. The molecule has 168 valence electrons. The van der Waals surface area contributed by atoms with Crippen LogP contribution in [0.4, 0.5) is 24.5 Å². The average molecular weight is 464 g/mol. The number of nitrogens with one attached hydrogen (secondary N) is 2. The molecule has 0 unspecified atom stereocenters. The van der Waals surface area contributed by atoms with Gasteiger partial charge in [-0.3, -0.25) is 9.52 Å². The van der Waals surface area contributed by atoms with Crippen LogP contribution in [-0.2, 0) is 27.4 Å². The van der Waals surface area contributed by atoms with E-state index in [0.717, 1.165) is 12.1 Å². The first-order valence-electron chi connectivity index (χ1n) is 9.30. The molecule has 10 heteroatoms. The van der Waals surface area contributed by atoms with Gasteiger partial charge in [0.1, 0.15) is 5.75 Å². The molecule has 0 spiro atoms. The van der Waals surface area contributed by atoms with E-state index >= 15 is 0 Å². The molecule has 3 aromatic carbocycles. The lowest BCUT2D eigenvalue weighted by Crippen LogP contribution is -2.16. The molecule has 0 fully saturated rings.